The van der Waals surface area contributed by atoms with Crippen molar-refractivity contribution in [2.45, 2.75) is 6.04 Å². The molecule has 0 aliphatic carbocycles. The molecular weight excluding hydrogens is 334 g/mol. The van der Waals surface area contributed by atoms with Crippen molar-refractivity contribution in [1.82, 2.24) is 24.8 Å². The molecule has 128 valence electrons. The van der Waals surface area contributed by atoms with Crippen LogP contribution in [0.3, 0.4) is 0 Å². The molecule has 4 rings (SSSR count). The first-order chi connectivity index (χ1) is 12.2. The Kier molecular flexibility index (Phi) is 4.33. The van der Waals surface area contributed by atoms with Crippen LogP contribution in [0.1, 0.15) is 21.7 Å². The number of imidazole rings is 1. The molecule has 1 fully saturated rings. The quantitative estimate of drug-likeness (QED) is 0.785. The van der Waals surface area contributed by atoms with Gasteiger partial charge in [0.15, 0.2) is 5.01 Å². The van der Waals surface area contributed by atoms with Gasteiger partial charge in [-0.15, -0.1) is 11.3 Å². The number of piperazine rings is 1. The van der Waals surface area contributed by atoms with Crippen molar-refractivity contribution in [1.29, 1.82) is 0 Å². The monoisotopic (exact) mass is 353 g/mol. The van der Waals surface area contributed by atoms with Crippen molar-refractivity contribution in [2.24, 2.45) is 7.05 Å². The molecule has 0 spiro atoms. The number of aromatic nitrogens is 3. The largest absolute Gasteiger partial charge is 0.336 e. The normalized spacial score (nSPS) is 17.6. The SMILES string of the molecule is Cn1ccnc1C1CNCCN1C(=O)c1nc(-c2ccccc2)cs1. The molecule has 7 heteroatoms. The second-order valence-electron chi connectivity index (χ2n) is 6.02. The number of carbonyl (C=O) groups excluding carboxylic acids is 1. The maximum absolute atomic E-state index is 13.1. The smallest absolute Gasteiger partial charge is 0.283 e. The molecule has 1 amide bonds. The Morgan fingerprint density at radius 1 is 1.32 bits per heavy atom. The molecule has 0 bridgehead atoms. The van der Waals surface area contributed by atoms with E-state index < -0.39 is 0 Å². The minimum absolute atomic E-state index is 0.0262. The fraction of sp³-hybridized carbons (Fsp3) is 0.278. The number of rotatable bonds is 3. The molecule has 2 aromatic heterocycles. The average Bonchev–Trinajstić information content (AvgIpc) is 3.31. The maximum atomic E-state index is 13.1. The van der Waals surface area contributed by atoms with E-state index in [1.54, 1.807) is 6.20 Å². The molecule has 1 aliphatic heterocycles. The number of amides is 1. The number of carbonyl (C=O) groups is 1. The van der Waals surface area contributed by atoms with Gasteiger partial charge in [0.05, 0.1) is 5.69 Å². The number of aryl methyl sites for hydroxylation is 1. The first kappa shape index (κ1) is 16.0. The lowest BCUT2D eigenvalue weighted by Crippen LogP contribution is -2.49. The van der Waals surface area contributed by atoms with Crippen LogP contribution < -0.4 is 5.32 Å². The Balaban J connectivity index is 1.61. The highest BCUT2D eigenvalue weighted by Gasteiger charge is 2.32. The second-order valence-corrected chi connectivity index (χ2v) is 6.88. The zero-order valence-corrected chi connectivity index (χ0v) is 14.7. The molecule has 0 saturated carbocycles. The van der Waals surface area contributed by atoms with Gasteiger partial charge in [-0.2, -0.15) is 0 Å². The van der Waals surface area contributed by atoms with Crippen molar-refractivity contribution < 1.29 is 4.79 Å². The zero-order valence-electron chi connectivity index (χ0n) is 13.9. The van der Waals surface area contributed by atoms with Gasteiger partial charge >= 0.3 is 0 Å². The van der Waals surface area contributed by atoms with E-state index in [1.165, 1.54) is 11.3 Å². The first-order valence-corrected chi connectivity index (χ1v) is 9.12. The summed E-state index contributed by atoms with van der Waals surface area (Å²) >= 11 is 1.40. The molecule has 6 nitrogen and oxygen atoms in total. The van der Waals surface area contributed by atoms with Crippen LogP contribution in [-0.2, 0) is 7.05 Å². The standard InChI is InChI=1S/C18H19N5OS/c1-22-9-8-20-16(22)15-11-19-7-10-23(15)18(24)17-21-14(12-25-17)13-5-3-2-4-6-13/h2-6,8-9,12,15,19H,7,10-11H2,1H3. The van der Waals surface area contributed by atoms with Gasteiger partial charge in [-0.3, -0.25) is 4.79 Å². The van der Waals surface area contributed by atoms with E-state index in [0.29, 0.717) is 18.1 Å². The van der Waals surface area contributed by atoms with Crippen molar-refractivity contribution in [2.75, 3.05) is 19.6 Å². The molecule has 1 N–H and O–H groups in total. The topological polar surface area (TPSA) is 63.1 Å². The summed E-state index contributed by atoms with van der Waals surface area (Å²) in [5.41, 5.74) is 1.87. The van der Waals surface area contributed by atoms with E-state index in [0.717, 1.165) is 23.6 Å². The summed E-state index contributed by atoms with van der Waals surface area (Å²) in [6, 6.07) is 9.86. The minimum Gasteiger partial charge on any atom is -0.336 e. The summed E-state index contributed by atoms with van der Waals surface area (Å²) in [6.07, 6.45) is 3.67. The maximum Gasteiger partial charge on any atom is 0.283 e. The fourth-order valence-electron chi connectivity index (χ4n) is 3.11. The lowest BCUT2D eigenvalue weighted by molar-refractivity contribution is 0.0620. The molecule has 3 aromatic rings. The van der Waals surface area contributed by atoms with E-state index in [2.05, 4.69) is 15.3 Å². The highest BCUT2D eigenvalue weighted by molar-refractivity contribution is 7.12. The zero-order chi connectivity index (χ0) is 17.2. The lowest BCUT2D eigenvalue weighted by atomic mass is 10.1. The number of nitrogens with one attached hydrogen (secondary N) is 1. The summed E-state index contributed by atoms with van der Waals surface area (Å²) in [7, 11) is 1.95. The molecule has 1 aromatic carbocycles. The van der Waals surface area contributed by atoms with E-state index in [-0.39, 0.29) is 11.9 Å². The van der Waals surface area contributed by atoms with Crippen molar-refractivity contribution in [3.8, 4) is 11.3 Å². The van der Waals surface area contributed by atoms with Crippen LogP contribution >= 0.6 is 11.3 Å². The van der Waals surface area contributed by atoms with E-state index in [1.807, 2.05) is 58.4 Å². The third-order valence-electron chi connectivity index (χ3n) is 4.42. The minimum atomic E-state index is -0.0784. The average molecular weight is 353 g/mol. The summed E-state index contributed by atoms with van der Waals surface area (Å²) in [5, 5.41) is 5.83. The predicted octanol–water partition coefficient (Wildman–Crippen LogP) is 2.33. The molecule has 1 saturated heterocycles. The summed E-state index contributed by atoms with van der Waals surface area (Å²) in [4.78, 5) is 24.0. The molecule has 3 heterocycles. The number of hydrogen-bond acceptors (Lipinski definition) is 5. The van der Waals surface area contributed by atoms with Gasteiger partial charge in [-0.05, 0) is 0 Å². The highest BCUT2D eigenvalue weighted by Crippen LogP contribution is 2.26. The number of thiazole rings is 1. The van der Waals surface area contributed by atoms with Crippen LogP contribution in [0.15, 0.2) is 48.1 Å². The fourth-order valence-corrected chi connectivity index (χ4v) is 3.89. The van der Waals surface area contributed by atoms with Crippen LogP contribution in [0.2, 0.25) is 0 Å². The Bertz CT molecular complexity index is 872. The summed E-state index contributed by atoms with van der Waals surface area (Å²) in [5.74, 6) is 0.863. The van der Waals surface area contributed by atoms with Gasteiger partial charge in [-0.25, -0.2) is 9.97 Å². The third kappa shape index (κ3) is 3.08. The van der Waals surface area contributed by atoms with Gasteiger partial charge in [0.2, 0.25) is 0 Å². The molecule has 1 atom stereocenters. The molecule has 25 heavy (non-hydrogen) atoms. The van der Waals surface area contributed by atoms with E-state index >= 15 is 0 Å². The van der Waals surface area contributed by atoms with Crippen LogP contribution in [0.25, 0.3) is 11.3 Å². The highest BCUT2D eigenvalue weighted by atomic mass is 32.1. The molecule has 1 unspecified atom stereocenters. The second kappa shape index (κ2) is 6.78. The predicted molar refractivity (Wildman–Crippen MR) is 97.4 cm³/mol. The molecular formula is C18H19N5OS. The Morgan fingerprint density at radius 2 is 2.16 bits per heavy atom. The van der Waals surface area contributed by atoms with Crippen LogP contribution in [0.4, 0.5) is 0 Å². The number of hydrogen-bond donors (Lipinski definition) is 1. The van der Waals surface area contributed by atoms with Crippen LogP contribution in [0, 0.1) is 0 Å². The number of nitrogens with zero attached hydrogens (tertiary/aromatic N) is 4. The lowest BCUT2D eigenvalue weighted by Gasteiger charge is -2.35. The van der Waals surface area contributed by atoms with Gasteiger partial charge in [0, 0.05) is 50.0 Å². The molecule has 1 aliphatic rings. The van der Waals surface area contributed by atoms with Gasteiger partial charge < -0.3 is 14.8 Å². The van der Waals surface area contributed by atoms with Gasteiger partial charge in [-0.1, -0.05) is 30.3 Å². The van der Waals surface area contributed by atoms with Crippen LogP contribution in [-0.4, -0.2) is 45.0 Å². The molecule has 0 radical (unpaired) electrons. The van der Waals surface area contributed by atoms with Crippen molar-refractivity contribution in [3.05, 3.63) is 58.9 Å². The van der Waals surface area contributed by atoms with E-state index in [4.69, 9.17) is 0 Å². The Labute approximate surface area is 150 Å². The summed E-state index contributed by atoms with van der Waals surface area (Å²) < 4.78 is 1.97. The van der Waals surface area contributed by atoms with E-state index in [9.17, 15) is 4.79 Å². The first-order valence-electron chi connectivity index (χ1n) is 8.24. The van der Waals surface area contributed by atoms with Crippen molar-refractivity contribution >= 4 is 17.2 Å². The Morgan fingerprint density at radius 3 is 2.92 bits per heavy atom. The van der Waals surface area contributed by atoms with Gasteiger partial charge in [0.1, 0.15) is 11.9 Å². The van der Waals surface area contributed by atoms with Crippen LogP contribution in [0.5, 0.6) is 0 Å². The Hall–Kier alpha value is -2.51. The number of benzene rings is 1. The summed E-state index contributed by atoms with van der Waals surface area (Å²) in [6.45, 7) is 2.13. The third-order valence-corrected chi connectivity index (χ3v) is 5.25. The van der Waals surface area contributed by atoms with Gasteiger partial charge in [0.25, 0.3) is 5.91 Å². The van der Waals surface area contributed by atoms with Crippen molar-refractivity contribution in [3.63, 3.8) is 0 Å².